The molecule has 90 valence electrons. The largest absolute Gasteiger partial charge is 0.508 e. The molecule has 0 unspecified atom stereocenters. The quantitative estimate of drug-likeness (QED) is 0.765. The second-order valence-electron chi connectivity index (χ2n) is 5.35. The number of aryl methyl sites for hydroxylation is 1. The Balaban J connectivity index is 3.07. The number of benzene rings is 1. The van der Waals surface area contributed by atoms with Crippen molar-refractivity contribution in [2.45, 2.75) is 52.4 Å². The Morgan fingerprint density at radius 1 is 1.06 bits per heavy atom. The Morgan fingerprint density at radius 2 is 1.69 bits per heavy atom. The maximum atomic E-state index is 9.94. The lowest BCUT2D eigenvalue weighted by Gasteiger charge is -2.21. The zero-order valence-electron chi connectivity index (χ0n) is 10.7. The number of aromatic hydroxyl groups is 2. The van der Waals surface area contributed by atoms with Crippen molar-refractivity contribution >= 4 is 0 Å². The van der Waals surface area contributed by atoms with Crippen molar-refractivity contribution in [1.82, 2.24) is 0 Å². The SMILES string of the molecule is CCCCc1cc(O)c(C(C)(C)C)cc1O. The third-order valence-electron chi connectivity index (χ3n) is 2.80. The Labute approximate surface area is 97.9 Å². The molecule has 1 aromatic carbocycles. The fraction of sp³-hybridized carbons (Fsp3) is 0.571. The molecule has 1 rings (SSSR count). The van der Waals surface area contributed by atoms with Gasteiger partial charge >= 0.3 is 0 Å². The molecule has 0 aliphatic rings. The molecule has 2 N–H and O–H groups in total. The van der Waals surface area contributed by atoms with Gasteiger partial charge in [0.05, 0.1) is 0 Å². The van der Waals surface area contributed by atoms with Gasteiger partial charge in [-0.3, -0.25) is 0 Å². The zero-order chi connectivity index (χ0) is 12.3. The number of phenolic OH excluding ortho intramolecular Hbond substituents is 2. The maximum Gasteiger partial charge on any atom is 0.119 e. The smallest absolute Gasteiger partial charge is 0.119 e. The van der Waals surface area contributed by atoms with Gasteiger partial charge in [0.1, 0.15) is 11.5 Å². The Morgan fingerprint density at radius 3 is 2.19 bits per heavy atom. The van der Waals surface area contributed by atoms with Crippen molar-refractivity contribution in [3.05, 3.63) is 23.3 Å². The van der Waals surface area contributed by atoms with E-state index in [4.69, 9.17) is 0 Å². The summed E-state index contributed by atoms with van der Waals surface area (Å²) in [6.45, 7) is 8.17. The van der Waals surface area contributed by atoms with Gasteiger partial charge in [-0.25, -0.2) is 0 Å². The molecular formula is C14H22O2. The van der Waals surface area contributed by atoms with E-state index in [0.29, 0.717) is 5.75 Å². The lowest BCUT2D eigenvalue weighted by Crippen LogP contribution is -2.11. The predicted molar refractivity (Wildman–Crippen MR) is 67.1 cm³/mol. The summed E-state index contributed by atoms with van der Waals surface area (Å²) < 4.78 is 0. The van der Waals surface area contributed by atoms with Gasteiger partial charge in [-0.2, -0.15) is 0 Å². The van der Waals surface area contributed by atoms with Gasteiger partial charge in [-0.15, -0.1) is 0 Å². The second kappa shape index (κ2) is 4.77. The Hall–Kier alpha value is -1.18. The highest BCUT2D eigenvalue weighted by molar-refractivity contribution is 5.47. The van der Waals surface area contributed by atoms with Gasteiger partial charge < -0.3 is 10.2 Å². The van der Waals surface area contributed by atoms with Crippen LogP contribution in [0.25, 0.3) is 0 Å². The molecule has 0 aliphatic heterocycles. The summed E-state index contributed by atoms with van der Waals surface area (Å²) >= 11 is 0. The van der Waals surface area contributed by atoms with Crippen molar-refractivity contribution < 1.29 is 10.2 Å². The molecule has 0 saturated heterocycles. The fourth-order valence-electron chi connectivity index (χ4n) is 1.79. The van der Waals surface area contributed by atoms with Gasteiger partial charge in [0, 0.05) is 5.56 Å². The van der Waals surface area contributed by atoms with Gasteiger partial charge in [0.15, 0.2) is 0 Å². The summed E-state index contributed by atoms with van der Waals surface area (Å²) in [6.07, 6.45) is 2.93. The van der Waals surface area contributed by atoms with E-state index in [-0.39, 0.29) is 11.2 Å². The molecular weight excluding hydrogens is 200 g/mol. The molecule has 2 heteroatoms. The number of unbranched alkanes of at least 4 members (excludes halogenated alkanes) is 1. The zero-order valence-corrected chi connectivity index (χ0v) is 10.7. The Bertz CT molecular complexity index is 362. The van der Waals surface area contributed by atoms with Gasteiger partial charge in [-0.05, 0) is 36.0 Å². The summed E-state index contributed by atoms with van der Waals surface area (Å²) in [5, 5.41) is 19.8. The van der Waals surface area contributed by atoms with E-state index in [1.54, 1.807) is 12.1 Å². The van der Waals surface area contributed by atoms with E-state index in [1.165, 1.54) is 0 Å². The van der Waals surface area contributed by atoms with Crippen molar-refractivity contribution in [3.63, 3.8) is 0 Å². The summed E-state index contributed by atoms with van der Waals surface area (Å²) in [6, 6.07) is 3.39. The molecule has 0 heterocycles. The first-order chi connectivity index (χ1) is 7.36. The van der Waals surface area contributed by atoms with E-state index < -0.39 is 0 Å². The second-order valence-corrected chi connectivity index (χ2v) is 5.35. The first kappa shape index (κ1) is 12.9. The van der Waals surface area contributed by atoms with Gasteiger partial charge in [-0.1, -0.05) is 34.1 Å². The van der Waals surface area contributed by atoms with Crippen molar-refractivity contribution in [2.75, 3.05) is 0 Å². The first-order valence-electron chi connectivity index (χ1n) is 5.91. The molecule has 0 spiro atoms. The van der Waals surface area contributed by atoms with E-state index in [1.807, 2.05) is 20.8 Å². The monoisotopic (exact) mass is 222 g/mol. The molecule has 0 radical (unpaired) electrons. The molecule has 0 amide bonds. The summed E-state index contributed by atoms with van der Waals surface area (Å²) in [5.41, 5.74) is 1.49. The molecule has 0 aromatic heterocycles. The van der Waals surface area contributed by atoms with Gasteiger partial charge in [0.25, 0.3) is 0 Å². The first-order valence-corrected chi connectivity index (χ1v) is 5.91. The number of hydrogen-bond acceptors (Lipinski definition) is 2. The van der Waals surface area contributed by atoms with E-state index in [9.17, 15) is 10.2 Å². The molecule has 1 aromatic rings. The third kappa shape index (κ3) is 2.91. The highest BCUT2D eigenvalue weighted by Crippen LogP contribution is 2.35. The van der Waals surface area contributed by atoms with Crippen molar-refractivity contribution in [1.29, 1.82) is 0 Å². The molecule has 0 bridgehead atoms. The normalized spacial score (nSPS) is 11.8. The number of hydrogen-bond donors (Lipinski definition) is 2. The lowest BCUT2D eigenvalue weighted by molar-refractivity contribution is 0.430. The van der Waals surface area contributed by atoms with Crippen LogP contribution in [-0.4, -0.2) is 10.2 Å². The summed E-state index contributed by atoms with van der Waals surface area (Å²) in [7, 11) is 0. The topological polar surface area (TPSA) is 40.5 Å². The minimum atomic E-state index is -0.148. The van der Waals surface area contributed by atoms with Crippen LogP contribution < -0.4 is 0 Å². The van der Waals surface area contributed by atoms with Crippen LogP contribution in [0.15, 0.2) is 12.1 Å². The van der Waals surface area contributed by atoms with E-state index in [2.05, 4.69) is 6.92 Å². The summed E-state index contributed by atoms with van der Waals surface area (Å²) in [5.74, 6) is 0.590. The van der Waals surface area contributed by atoms with Crippen LogP contribution in [0.1, 0.15) is 51.7 Å². The highest BCUT2D eigenvalue weighted by atomic mass is 16.3. The van der Waals surface area contributed by atoms with Crippen molar-refractivity contribution in [3.8, 4) is 11.5 Å². The molecule has 0 saturated carbocycles. The minimum absolute atomic E-state index is 0.148. The van der Waals surface area contributed by atoms with Crippen LogP contribution in [0, 0.1) is 0 Å². The van der Waals surface area contributed by atoms with Crippen molar-refractivity contribution in [2.24, 2.45) is 0 Å². The lowest BCUT2D eigenvalue weighted by atomic mass is 9.85. The minimum Gasteiger partial charge on any atom is -0.508 e. The number of phenols is 2. The summed E-state index contributed by atoms with van der Waals surface area (Å²) in [4.78, 5) is 0. The van der Waals surface area contributed by atoms with Crippen LogP contribution in [0.4, 0.5) is 0 Å². The Kier molecular flexibility index (Phi) is 3.84. The fourth-order valence-corrected chi connectivity index (χ4v) is 1.79. The van der Waals surface area contributed by atoms with Gasteiger partial charge in [0.2, 0.25) is 0 Å². The standard InChI is InChI=1S/C14H22O2/c1-5-6-7-10-8-13(16)11(9-12(10)15)14(2,3)4/h8-9,15-16H,5-7H2,1-4H3. The van der Waals surface area contributed by atoms with Crippen LogP contribution in [0.5, 0.6) is 11.5 Å². The van der Waals surface area contributed by atoms with Crippen LogP contribution >= 0.6 is 0 Å². The van der Waals surface area contributed by atoms with E-state index >= 15 is 0 Å². The molecule has 0 atom stereocenters. The third-order valence-corrected chi connectivity index (χ3v) is 2.80. The van der Waals surface area contributed by atoms with Crippen LogP contribution in [-0.2, 0) is 11.8 Å². The molecule has 0 aliphatic carbocycles. The molecule has 2 nitrogen and oxygen atoms in total. The van der Waals surface area contributed by atoms with Crippen LogP contribution in [0.3, 0.4) is 0 Å². The van der Waals surface area contributed by atoms with Crippen LogP contribution in [0.2, 0.25) is 0 Å². The highest BCUT2D eigenvalue weighted by Gasteiger charge is 2.20. The van der Waals surface area contributed by atoms with E-state index in [0.717, 1.165) is 30.4 Å². The average Bonchev–Trinajstić information content (AvgIpc) is 2.17. The average molecular weight is 222 g/mol. The predicted octanol–water partition coefficient (Wildman–Crippen LogP) is 3.74. The number of rotatable bonds is 3. The molecule has 0 fully saturated rings. The molecule has 16 heavy (non-hydrogen) atoms. The maximum absolute atomic E-state index is 9.94.